The van der Waals surface area contributed by atoms with Crippen LogP contribution in [0.4, 0.5) is 0 Å². The number of carbonyl (C=O) groups excluding carboxylic acids is 1. The number of halogens is 1. The topological polar surface area (TPSA) is 80.7 Å². The monoisotopic (exact) mass is 620 g/mol. The highest BCUT2D eigenvalue weighted by molar-refractivity contribution is 8.01. The molecule has 1 atom stereocenters. The minimum Gasteiger partial charge on any atom is -0.450 e. The van der Waals surface area contributed by atoms with Gasteiger partial charge in [0.05, 0.1) is 32.1 Å². The van der Waals surface area contributed by atoms with Crippen molar-refractivity contribution in [3.05, 3.63) is 108 Å². The van der Waals surface area contributed by atoms with Crippen molar-refractivity contribution >= 4 is 68.2 Å². The molecule has 4 heterocycles. The quantitative estimate of drug-likeness (QED) is 0.219. The predicted molar refractivity (Wildman–Crippen MR) is 166 cm³/mol. The van der Waals surface area contributed by atoms with Crippen molar-refractivity contribution in [1.29, 1.82) is 0 Å². The Kier molecular flexibility index (Phi) is 7.74. The zero-order valence-corrected chi connectivity index (χ0v) is 25.7. The Bertz CT molecular complexity index is 1950. The van der Waals surface area contributed by atoms with Gasteiger partial charge in [0.2, 0.25) is 0 Å². The van der Waals surface area contributed by atoms with Crippen molar-refractivity contribution in [2.24, 2.45) is 4.99 Å². The van der Waals surface area contributed by atoms with Gasteiger partial charge >= 0.3 is 0 Å². The van der Waals surface area contributed by atoms with E-state index in [-0.39, 0.29) is 11.5 Å². The molecule has 11 heteroatoms. The van der Waals surface area contributed by atoms with Crippen LogP contribution in [0, 0.1) is 0 Å². The molecule has 0 fully saturated rings. The number of hydrogen-bond acceptors (Lipinski definition) is 8. The summed E-state index contributed by atoms with van der Waals surface area (Å²) in [5.41, 5.74) is 2.60. The second kappa shape index (κ2) is 11.4. The maximum absolute atomic E-state index is 13.9. The van der Waals surface area contributed by atoms with Gasteiger partial charge in [-0.2, -0.15) is 0 Å². The lowest BCUT2D eigenvalue weighted by atomic mass is 9.94. The molecule has 5 aromatic rings. The first-order chi connectivity index (χ1) is 19.9. The molecule has 0 saturated carbocycles. The summed E-state index contributed by atoms with van der Waals surface area (Å²) >= 11 is 10.5. The number of hydrogen-bond donors (Lipinski definition) is 0. The van der Waals surface area contributed by atoms with E-state index < -0.39 is 6.04 Å². The van der Waals surface area contributed by atoms with Gasteiger partial charge in [-0.05, 0) is 74.5 Å². The number of amides is 1. The minimum atomic E-state index is -0.625. The van der Waals surface area contributed by atoms with Crippen LogP contribution in [0.25, 0.3) is 16.3 Å². The van der Waals surface area contributed by atoms with Gasteiger partial charge in [0.25, 0.3) is 11.5 Å². The molecule has 208 valence electrons. The number of nitrogens with zero attached hydrogens (tertiary/aromatic N) is 4. The molecule has 2 aromatic carbocycles. The zero-order valence-electron chi connectivity index (χ0n) is 22.5. The van der Waals surface area contributed by atoms with Gasteiger partial charge in [0.1, 0.15) is 5.76 Å². The van der Waals surface area contributed by atoms with Crippen molar-refractivity contribution in [2.75, 3.05) is 13.1 Å². The summed E-state index contributed by atoms with van der Waals surface area (Å²) in [6, 6.07) is 18.4. The summed E-state index contributed by atoms with van der Waals surface area (Å²) < 4.78 is 10.1. The van der Waals surface area contributed by atoms with Crippen LogP contribution in [0.1, 0.15) is 38.1 Å². The molecule has 3 aromatic heterocycles. The van der Waals surface area contributed by atoms with E-state index in [4.69, 9.17) is 21.0 Å². The lowest BCUT2D eigenvalue weighted by molar-refractivity contribution is -0.127. The molecule has 0 unspecified atom stereocenters. The number of rotatable bonds is 7. The molecule has 41 heavy (non-hydrogen) atoms. The number of para-hydroxylation sites is 1. The van der Waals surface area contributed by atoms with E-state index in [2.05, 4.69) is 4.98 Å². The fraction of sp³-hybridized carbons (Fsp3) is 0.200. The number of furan rings is 1. The van der Waals surface area contributed by atoms with Crippen LogP contribution in [0.2, 0.25) is 5.02 Å². The Morgan fingerprint density at radius 1 is 1.10 bits per heavy atom. The largest absolute Gasteiger partial charge is 0.450 e. The van der Waals surface area contributed by atoms with Crippen LogP contribution < -0.4 is 14.9 Å². The second-order valence-corrected chi connectivity index (χ2v) is 13.0. The van der Waals surface area contributed by atoms with Crippen LogP contribution in [0.3, 0.4) is 0 Å². The number of carbonyl (C=O) groups is 1. The predicted octanol–water partition coefficient (Wildman–Crippen LogP) is 6.11. The number of likely N-dealkylation sites (N-methyl/N-ethyl adjacent to an activating group) is 1. The summed E-state index contributed by atoms with van der Waals surface area (Å²) in [7, 11) is 0. The van der Waals surface area contributed by atoms with Gasteiger partial charge in [-0.15, -0.1) is 11.3 Å². The maximum Gasteiger partial charge on any atom is 0.271 e. The lowest BCUT2D eigenvalue weighted by Crippen LogP contribution is -2.43. The zero-order chi connectivity index (χ0) is 28.7. The van der Waals surface area contributed by atoms with Crippen molar-refractivity contribution in [3.8, 4) is 0 Å². The Morgan fingerprint density at radius 2 is 1.85 bits per heavy atom. The molecule has 0 N–H and O–H groups in total. The highest BCUT2D eigenvalue weighted by Gasteiger charge is 2.34. The summed E-state index contributed by atoms with van der Waals surface area (Å²) in [6.07, 6.45) is 1.73. The van der Waals surface area contributed by atoms with Crippen LogP contribution in [0.15, 0.2) is 95.6 Å². The second-order valence-electron chi connectivity index (χ2n) is 9.32. The molecule has 0 saturated heterocycles. The number of thiazole rings is 2. The fourth-order valence-corrected chi connectivity index (χ4v) is 7.94. The summed E-state index contributed by atoms with van der Waals surface area (Å²) in [4.78, 5) is 39.3. The first-order valence-corrected chi connectivity index (χ1v) is 15.9. The molecule has 1 aliphatic heterocycles. The number of fused-ring (bicyclic) bond motifs is 2. The average molecular weight is 621 g/mol. The van der Waals surface area contributed by atoms with Gasteiger partial charge in [-0.25, -0.2) is 9.98 Å². The van der Waals surface area contributed by atoms with E-state index in [0.717, 1.165) is 20.1 Å². The first kappa shape index (κ1) is 27.7. The molecule has 0 bridgehead atoms. The van der Waals surface area contributed by atoms with Crippen LogP contribution >= 0.6 is 46.0 Å². The molecule has 0 aliphatic carbocycles. The fourth-order valence-electron chi connectivity index (χ4n) is 4.81. The Labute approximate surface area is 253 Å². The van der Waals surface area contributed by atoms with E-state index in [1.54, 1.807) is 39.0 Å². The van der Waals surface area contributed by atoms with E-state index in [9.17, 15) is 9.59 Å². The third kappa shape index (κ3) is 5.32. The number of aromatic nitrogens is 2. The average Bonchev–Trinajstić information content (AvgIpc) is 3.66. The van der Waals surface area contributed by atoms with Gasteiger partial charge in [-0.3, -0.25) is 14.2 Å². The Balaban J connectivity index is 1.40. The highest BCUT2D eigenvalue weighted by atomic mass is 35.5. The standard InChI is InChI=1S/C30H25ClN4O3S3/c1-4-34(5-2)28(37)25-17(3)32-29-35(26(25)18-10-12-19(31)13-11-18)27(36)23(39-29)16-20-14-15-24(38-20)41-30-33-21-8-6-7-9-22(21)40-30/h6-16,26H,4-5H2,1-3H3/b23-16+/t26-/m0/s1. The van der Waals surface area contributed by atoms with Crippen molar-refractivity contribution in [1.82, 2.24) is 14.5 Å². The van der Waals surface area contributed by atoms with Crippen LogP contribution in [-0.4, -0.2) is 33.4 Å². The number of allylic oxidation sites excluding steroid dienone is 1. The first-order valence-electron chi connectivity index (χ1n) is 13.1. The van der Waals surface area contributed by atoms with Gasteiger partial charge in [-0.1, -0.05) is 47.2 Å². The smallest absolute Gasteiger partial charge is 0.271 e. The van der Waals surface area contributed by atoms with E-state index >= 15 is 0 Å². The molecule has 6 rings (SSSR count). The van der Waals surface area contributed by atoms with Gasteiger partial charge in [0, 0.05) is 24.2 Å². The van der Waals surface area contributed by atoms with Crippen molar-refractivity contribution in [2.45, 2.75) is 36.2 Å². The Hall–Kier alpha value is -3.44. The summed E-state index contributed by atoms with van der Waals surface area (Å²) in [5.74, 6) is 0.421. The van der Waals surface area contributed by atoms with Crippen LogP contribution in [-0.2, 0) is 4.79 Å². The van der Waals surface area contributed by atoms with Crippen molar-refractivity contribution in [3.63, 3.8) is 0 Å². The highest BCUT2D eigenvalue weighted by Crippen LogP contribution is 2.35. The summed E-state index contributed by atoms with van der Waals surface area (Å²) in [6.45, 7) is 6.82. The maximum atomic E-state index is 13.9. The normalized spacial score (nSPS) is 15.3. The molecular weight excluding hydrogens is 596 g/mol. The molecule has 1 amide bonds. The van der Waals surface area contributed by atoms with Crippen molar-refractivity contribution < 1.29 is 9.21 Å². The molecule has 0 radical (unpaired) electrons. The molecular formula is C30H25ClN4O3S3. The SMILES string of the molecule is CCN(CC)C(=O)C1=C(C)N=c2s/c(=C/c3ccc(Sc4nc5ccccc5s4)o3)c(=O)n2[C@H]1c1ccc(Cl)cc1. The third-order valence-electron chi connectivity index (χ3n) is 6.83. The van der Waals surface area contributed by atoms with E-state index in [0.29, 0.717) is 49.6 Å². The minimum absolute atomic E-state index is 0.131. The third-order valence-corrected chi connectivity index (χ3v) is 10.1. The Morgan fingerprint density at radius 3 is 2.59 bits per heavy atom. The lowest BCUT2D eigenvalue weighted by Gasteiger charge is -2.29. The van der Waals surface area contributed by atoms with E-state index in [1.807, 2.05) is 69.3 Å². The van der Waals surface area contributed by atoms with Crippen LogP contribution in [0.5, 0.6) is 0 Å². The van der Waals surface area contributed by atoms with E-state index in [1.165, 1.54) is 23.1 Å². The molecule has 1 aliphatic rings. The number of benzene rings is 2. The van der Waals surface area contributed by atoms with Gasteiger partial charge < -0.3 is 9.32 Å². The summed E-state index contributed by atoms with van der Waals surface area (Å²) in [5, 5.41) is 1.26. The van der Waals surface area contributed by atoms with Gasteiger partial charge in [0.15, 0.2) is 14.2 Å². The molecule has 0 spiro atoms. The molecule has 7 nitrogen and oxygen atoms in total.